The Morgan fingerprint density at radius 3 is 0.962 bits per heavy atom. The monoisotopic (exact) mass is 1590 g/mol. The first-order chi connectivity index (χ1) is 49.1. The second-order valence-electron chi connectivity index (χ2n) is 27.4. The maximum Gasteiger partial charge on any atom is 0.413 e. The number of alkyl halides is 3. The Balaban J connectivity index is 0.000000272. The van der Waals surface area contributed by atoms with Gasteiger partial charge in [-0.15, -0.1) is 44.6 Å². The Bertz CT molecular complexity index is 3810. The summed E-state index contributed by atoms with van der Waals surface area (Å²) < 4.78 is 95.3. The summed E-state index contributed by atoms with van der Waals surface area (Å²) in [4.78, 5) is 117. The second kappa shape index (κ2) is 40.7. The predicted molar refractivity (Wildman–Crippen MR) is 419 cm³/mol. The van der Waals surface area contributed by atoms with Gasteiger partial charge in [0.25, 0.3) is 0 Å². The minimum Gasteiger partial charge on any atom is -0.444 e. The number of nitrogens with two attached hydrogens (primary N) is 1. The van der Waals surface area contributed by atoms with Crippen LogP contribution in [0.4, 0.5) is 70.4 Å². The van der Waals surface area contributed by atoms with Crippen LogP contribution in [-0.2, 0) is 38.2 Å². The fraction of sp³-hybridized carbons (Fsp3) is 0.414. The van der Waals surface area contributed by atoms with Crippen LogP contribution >= 0.6 is 59.6 Å². The fourth-order valence-corrected chi connectivity index (χ4v) is 11.4. The van der Waals surface area contributed by atoms with Gasteiger partial charge >= 0.3 is 47.6 Å². The molecule has 0 radical (unpaired) electrons. The number of ether oxygens (including phenoxy) is 2. The van der Waals surface area contributed by atoms with Crippen molar-refractivity contribution in [1.29, 1.82) is 0 Å². The fourth-order valence-electron chi connectivity index (χ4n) is 11.4. The number of hydrogen-bond donors (Lipinski definition) is 6. The zero-order chi connectivity index (χ0) is 78.5. The van der Waals surface area contributed by atoms with E-state index in [1.807, 2.05) is 6.92 Å². The molecule has 7 N–H and O–H groups in total. The quantitative estimate of drug-likeness (QED) is 0.0469. The first-order valence-corrected chi connectivity index (χ1v) is 43.8. The van der Waals surface area contributed by atoms with Gasteiger partial charge in [0, 0.05) is 19.6 Å². The van der Waals surface area contributed by atoms with Crippen LogP contribution in [0.1, 0.15) is 133 Å². The minimum absolute atomic E-state index is 0.108. The molecular weight excluding hydrogens is 1500 g/mol. The molecule has 3 aliphatic heterocycles. The number of nitrogens with one attached hydrogen (secondary N) is 5. The smallest absolute Gasteiger partial charge is 0.413 e. The van der Waals surface area contributed by atoms with Gasteiger partial charge in [0.05, 0.1) is 53.8 Å². The van der Waals surface area contributed by atoms with Crippen molar-refractivity contribution in [2.45, 2.75) is 150 Å². The van der Waals surface area contributed by atoms with Crippen molar-refractivity contribution < 1.29 is 74.2 Å². The minimum atomic E-state index is -1.40. The molecule has 3 saturated heterocycles. The molecule has 0 bridgehead atoms. The molecule has 3 aromatic carbocycles. The number of anilines is 6. The summed E-state index contributed by atoms with van der Waals surface area (Å²) in [6.07, 6.45) is -0.865. The molecule has 8 amide bonds. The van der Waals surface area contributed by atoms with Crippen molar-refractivity contribution in [2.24, 2.45) is 17.8 Å². The lowest BCUT2D eigenvalue weighted by atomic mass is 9.88. The third-order valence-electron chi connectivity index (χ3n) is 15.7. The van der Waals surface area contributed by atoms with Gasteiger partial charge in [0.15, 0.2) is 0 Å². The first-order valence-electron chi connectivity index (χ1n) is 33.0. The van der Waals surface area contributed by atoms with Crippen molar-refractivity contribution in [2.75, 3.05) is 52.0 Å². The van der Waals surface area contributed by atoms with Gasteiger partial charge in [-0.25, -0.2) is 50.9 Å². The van der Waals surface area contributed by atoms with Crippen molar-refractivity contribution in [3.63, 3.8) is 0 Å². The Labute approximate surface area is 622 Å². The summed E-state index contributed by atoms with van der Waals surface area (Å²) in [7, 11) is 14.0. The Hall–Kier alpha value is -7.14. The maximum absolute atomic E-state index is 15.0. The number of nitrogens with zero attached hydrogens (tertiary/aromatic N) is 6. The van der Waals surface area contributed by atoms with E-state index in [9.17, 15) is 55.9 Å². The molecule has 22 nitrogen and oxygen atoms in total. The molecule has 570 valence electrons. The summed E-state index contributed by atoms with van der Waals surface area (Å²) in [6, 6.07) is 17.5. The van der Waals surface area contributed by atoms with E-state index in [4.69, 9.17) is 15.2 Å². The standard InChI is InChI=1S/2C25H30F2N4O4.C20H22F2N4O2.H6P4.H5P3/c2*1-14-10-19(27)20(16-6-8-17(26)9-7-16)31(13-14)23(33)22(32)29-18-11-15(2)21(28-12-18)30-24(34)35-25(3,4)5;1-11-7-16(22)17(13-3-5-14(21)6-4-13)26(10-11)20(28)19(27)25-15-8-12(2)18(23)24-9-15;1-4(2)3;1-3-2/h2*6-9,11-12,14,19-20H,10,13H2,1-5H3,(H,29,32)(H,28,30,34);3-6,8-9,11,16-17H,7,10H2,1-2H3,(H2,23,24)(H,25,27);1-3H2;3H,1-2H2/t14-,19+,20-;14-,19-,20-;11-,16-,17-;;/m011../s1. The number of likely N-dealkylation sites (tertiary alicyclic amines) is 3. The number of aryl methyl sites for hydroxylation is 3. The number of benzene rings is 3. The highest BCUT2D eigenvalue weighted by Crippen LogP contribution is 2.60. The van der Waals surface area contributed by atoms with Gasteiger partial charge in [-0.3, -0.25) is 39.4 Å². The summed E-state index contributed by atoms with van der Waals surface area (Å²) in [6.45, 7) is 21.6. The van der Waals surface area contributed by atoms with E-state index in [-0.39, 0.29) is 86.6 Å². The molecule has 35 heteroatoms. The molecule has 3 fully saturated rings. The van der Waals surface area contributed by atoms with Crippen LogP contribution in [-0.4, -0.2) is 127 Å². The van der Waals surface area contributed by atoms with Gasteiger partial charge in [-0.05, 0) is 194 Å². The van der Waals surface area contributed by atoms with Gasteiger partial charge in [-0.2, -0.15) is 0 Å². The van der Waals surface area contributed by atoms with Crippen LogP contribution in [0, 0.1) is 56.0 Å². The molecule has 105 heavy (non-hydrogen) atoms. The lowest BCUT2D eigenvalue weighted by Crippen LogP contribution is -2.50. The number of amides is 8. The zero-order valence-corrected chi connectivity index (χ0v) is 67.9. The van der Waals surface area contributed by atoms with Crippen LogP contribution in [0.25, 0.3) is 0 Å². The van der Waals surface area contributed by atoms with E-state index < -0.39 is 113 Å². The van der Waals surface area contributed by atoms with Crippen molar-refractivity contribution >= 4 is 142 Å². The average Bonchev–Trinajstić information content (AvgIpc) is 0.800. The number of piperidine rings is 3. The average molecular weight is 1590 g/mol. The normalized spacial score (nSPS) is 19.8. The lowest BCUT2D eigenvalue weighted by molar-refractivity contribution is -0.148. The van der Waals surface area contributed by atoms with Gasteiger partial charge in [-0.1, -0.05) is 65.1 Å². The van der Waals surface area contributed by atoms with Crippen LogP contribution in [0.5, 0.6) is 0 Å². The van der Waals surface area contributed by atoms with Crippen molar-refractivity contribution in [3.8, 4) is 0 Å². The second-order valence-corrected chi connectivity index (χ2v) is 43.3. The molecule has 3 aliphatic rings. The van der Waals surface area contributed by atoms with Crippen LogP contribution in [0.15, 0.2) is 110 Å². The SMILES string of the molecule is Cc1cc(NC(=O)C(=O)N2C[C@@H](C)C[C@@H](F)[C@@H]2c2ccc(F)cc2)cnc1NC(=O)OC(C)(C)C.Cc1cc(NC(=O)C(=O)N2C[C@H](C)C[C@@H](F)[C@H]2c2ccc(F)cc2)cnc1N.Cc1cc(NC(=O)C(=O)N2C[C@H](C)C[C@@H](F)[C@H]2c2ccc(F)cc2)cnc1NC(=O)OC(C)(C)C.PP(P)P.PPP. The Morgan fingerprint density at radius 1 is 0.476 bits per heavy atom. The van der Waals surface area contributed by atoms with E-state index in [0.29, 0.717) is 44.9 Å². The predicted octanol–water partition coefficient (Wildman–Crippen LogP) is 15.6. The summed E-state index contributed by atoms with van der Waals surface area (Å²) in [5.41, 5.74) is 8.09. The van der Waals surface area contributed by atoms with Crippen LogP contribution < -0.4 is 32.3 Å². The number of aromatic nitrogens is 3. The van der Waals surface area contributed by atoms with Crippen molar-refractivity contribution in [3.05, 3.63) is 160 Å². The van der Waals surface area contributed by atoms with E-state index in [0.717, 1.165) is 7.96 Å². The molecule has 0 spiro atoms. The summed E-state index contributed by atoms with van der Waals surface area (Å²) >= 11 is 0. The number of halogens is 6. The van der Waals surface area contributed by atoms with E-state index in [1.54, 1.807) is 94.4 Å². The molecule has 9 rings (SSSR count). The van der Waals surface area contributed by atoms with E-state index in [2.05, 4.69) is 86.2 Å². The highest BCUT2D eigenvalue weighted by Gasteiger charge is 2.44. The number of carbonyl (C=O) groups excluding carboxylic acids is 8. The number of nitrogen functional groups attached to an aromatic ring is 1. The van der Waals surface area contributed by atoms with Crippen molar-refractivity contribution in [1.82, 2.24) is 29.7 Å². The molecule has 6 aromatic rings. The van der Waals surface area contributed by atoms with Crippen LogP contribution in [0.3, 0.4) is 0 Å². The van der Waals surface area contributed by atoms with Crippen LogP contribution in [0.2, 0.25) is 0 Å². The molecule has 14 atom stereocenters. The molecule has 0 saturated carbocycles. The van der Waals surface area contributed by atoms with Gasteiger partial charge in [0.1, 0.15) is 64.6 Å². The Morgan fingerprint density at radius 2 is 0.724 bits per heavy atom. The largest absolute Gasteiger partial charge is 0.444 e. The Kier molecular flexibility index (Phi) is 34.3. The highest BCUT2D eigenvalue weighted by atomic mass is 32.7. The highest BCUT2D eigenvalue weighted by molar-refractivity contribution is 8.65. The molecule has 3 aromatic heterocycles. The summed E-state index contributed by atoms with van der Waals surface area (Å²) in [5.74, 6) is -6.45. The summed E-state index contributed by atoms with van der Waals surface area (Å²) in [5, 5.41) is 12.5. The maximum atomic E-state index is 15.0. The van der Waals surface area contributed by atoms with E-state index >= 15 is 8.78 Å². The molecule has 0 aliphatic carbocycles. The third-order valence-corrected chi connectivity index (χ3v) is 15.7. The number of carbonyl (C=O) groups is 8. The molecule has 5 unspecified atom stereocenters. The van der Waals surface area contributed by atoms with Gasteiger partial charge in [0.2, 0.25) is 0 Å². The van der Waals surface area contributed by atoms with E-state index in [1.165, 1.54) is 106 Å². The lowest BCUT2D eigenvalue weighted by Gasteiger charge is -2.40. The molecule has 6 heterocycles. The number of rotatable bonds is 8. The molecular formula is C70H93F6N12O10P7. The van der Waals surface area contributed by atoms with Gasteiger partial charge < -0.3 is 45.9 Å². The zero-order valence-electron chi connectivity index (χ0n) is 60.3. The number of pyridine rings is 3. The first kappa shape index (κ1) is 88.5. The third kappa shape index (κ3) is 28.2. The topological polar surface area (TPSA) is 290 Å². The number of hydrogen-bond acceptors (Lipinski definition) is 14.